The molecule has 3 rings (SSSR count). The van der Waals surface area contributed by atoms with Gasteiger partial charge in [-0.3, -0.25) is 5.10 Å². The maximum Gasteiger partial charge on any atom is 0.148 e. The summed E-state index contributed by atoms with van der Waals surface area (Å²) in [6.45, 7) is 0. The molecular weight excluding hydrogens is 260 g/mol. The molecule has 3 aromatic rings. The zero-order chi connectivity index (χ0) is 14.1. The number of fused-ring (bicyclic) bond motifs is 1. The van der Waals surface area contributed by atoms with Gasteiger partial charge in [0.05, 0.1) is 16.9 Å². The molecule has 0 saturated heterocycles. The normalized spacial score (nSPS) is 11.5. The Morgan fingerprint density at radius 2 is 1.95 bits per heavy atom. The van der Waals surface area contributed by atoms with Crippen LogP contribution in [0.2, 0.25) is 0 Å². The van der Waals surface area contributed by atoms with Gasteiger partial charge in [0.1, 0.15) is 11.6 Å². The first kappa shape index (κ1) is 12.3. The van der Waals surface area contributed by atoms with Gasteiger partial charge in [0, 0.05) is 11.5 Å². The number of rotatable bonds is 2. The predicted octanol–water partition coefficient (Wildman–Crippen LogP) is 3.59. The molecule has 100 valence electrons. The van der Waals surface area contributed by atoms with E-state index in [4.69, 9.17) is 5.73 Å². The number of nitrogens with one attached hydrogen (secondary N) is 1. The Morgan fingerprint density at radius 1 is 1.10 bits per heavy atom. The SMILES string of the molecule is Nc1cc2c(/C=C/c3cccc(F)c3)n[nH]c2cc1F. The molecule has 1 heterocycles. The number of nitrogens with two attached hydrogens (primary N) is 1. The van der Waals surface area contributed by atoms with Crippen molar-refractivity contribution >= 4 is 28.7 Å². The highest BCUT2D eigenvalue weighted by Crippen LogP contribution is 2.23. The molecular formula is C15H11F2N3. The molecule has 0 aliphatic rings. The number of benzene rings is 2. The van der Waals surface area contributed by atoms with E-state index in [9.17, 15) is 8.78 Å². The number of nitrogen functional groups attached to an aromatic ring is 1. The molecule has 0 radical (unpaired) electrons. The van der Waals surface area contributed by atoms with E-state index in [0.717, 1.165) is 10.9 Å². The van der Waals surface area contributed by atoms with Crippen LogP contribution in [0, 0.1) is 11.6 Å². The van der Waals surface area contributed by atoms with Crippen molar-refractivity contribution in [1.29, 1.82) is 0 Å². The van der Waals surface area contributed by atoms with Crippen molar-refractivity contribution in [2.75, 3.05) is 5.73 Å². The van der Waals surface area contributed by atoms with Crippen LogP contribution in [0.1, 0.15) is 11.3 Å². The van der Waals surface area contributed by atoms with Crippen molar-refractivity contribution in [2.45, 2.75) is 0 Å². The molecule has 2 aromatic carbocycles. The smallest absolute Gasteiger partial charge is 0.148 e. The summed E-state index contributed by atoms with van der Waals surface area (Å²) < 4.78 is 26.4. The summed E-state index contributed by atoms with van der Waals surface area (Å²) in [5, 5.41) is 7.54. The molecule has 0 aliphatic carbocycles. The van der Waals surface area contributed by atoms with Crippen molar-refractivity contribution in [3.05, 3.63) is 59.3 Å². The van der Waals surface area contributed by atoms with Crippen LogP contribution >= 0.6 is 0 Å². The van der Waals surface area contributed by atoms with Gasteiger partial charge < -0.3 is 5.73 Å². The van der Waals surface area contributed by atoms with Crippen molar-refractivity contribution in [1.82, 2.24) is 10.2 Å². The fourth-order valence-corrected chi connectivity index (χ4v) is 1.99. The fraction of sp³-hybridized carbons (Fsp3) is 0. The molecule has 3 nitrogen and oxygen atoms in total. The molecule has 0 atom stereocenters. The number of halogens is 2. The highest BCUT2D eigenvalue weighted by atomic mass is 19.1. The van der Waals surface area contributed by atoms with Crippen LogP contribution in [0.25, 0.3) is 23.1 Å². The van der Waals surface area contributed by atoms with E-state index in [1.807, 2.05) is 0 Å². The van der Waals surface area contributed by atoms with Crippen LogP contribution in [-0.2, 0) is 0 Å². The second-order valence-corrected chi connectivity index (χ2v) is 4.42. The molecule has 20 heavy (non-hydrogen) atoms. The molecule has 0 unspecified atom stereocenters. The van der Waals surface area contributed by atoms with Gasteiger partial charge >= 0.3 is 0 Å². The van der Waals surface area contributed by atoms with Gasteiger partial charge in [-0.05, 0) is 29.8 Å². The third-order valence-electron chi connectivity index (χ3n) is 2.99. The highest BCUT2D eigenvalue weighted by molar-refractivity contribution is 5.91. The van der Waals surface area contributed by atoms with Gasteiger partial charge in [0.15, 0.2) is 0 Å². The molecule has 0 saturated carbocycles. The Labute approximate surface area is 113 Å². The lowest BCUT2D eigenvalue weighted by molar-refractivity contribution is 0.627. The average molecular weight is 271 g/mol. The summed E-state index contributed by atoms with van der Waals surface area (Å²) in [5.41, 5.74) is 7.52. The molecule has 3 N–H and O–H groups in total. The quantitative estimate of drug-likeness (QED) is 0.700. The summed E-state index contributed by atoms with van der Waals surface area (Å²) in [6, 6.07) is 9.04. The Bertz CT molecular complexity index is 806. The van der Waals surface area contributed by atoms with E-state index in [1.165, 1.54) is 24.3 Å². The lowest BCUT2D eigenvalue weighted by Crippen LogP contribution is -1.89. The molecule has 1 aromatic heterocycles. The van der Waals surface area contributed by atoms with Crippen LogP contribution in [0.4, 0.5) is 14.5 Å². The van der Waals surface area contributed by atoms with Crippen LogP contribution in [0.5, 0.6) is 0 Å². The molecule has 5 heteroatoms. The standard InChI is InChI=1S/C15H11F2N3/c16-10-3-1-2-9(6-10)4-5-14-11-7-13(18)12(17)8-15(11)20-19-14/h1-8H,18H2,(H,19,20)/b5-4+. The van der Waals surface area contributed by atoms with Crippen LogP contribution in [-0.4, -0.2) is 10.2 Å². The molecule has 0 fully saturated rings. The first-order valence-electron chi connectivity index (χ1n) is 6.00. The highest BCUT2D eigenvalue weighted by Gasteiger charge is 2.07. The van der Waals surface area contributed by atoms with Gasteiger partial charge in [-0.25, -0.2) is 8.78 Å². The van der Waals surface area contributed by atoms with Gasteiger partial charge in [-0.15, -0.1) is 0 Å². The molecule has 0 spiro atoms. The number of hydrogen-bond donors (Lipinski definition) is 2. The average Bonchev–Trinajstić information content (AvgIpc) is 2.79. The minimum absolute atomic E-state index is 0.0688. The zero-order valence-electron chi connectivity index (χ0n) is 10.4. The van der Waals surface area contributed by atoms with Crippen molar-refractivity contribution < 1.29 is 8.78 Å². The first-order valence-corrected chi connectivity index (χ1v) is 6.00. The lowest BCUT2D eigenvalue weighted by atomic mass is 10.1. The maximum absolute atomic E-state index is 13.3. The van der Waals surface area contributed by atoms with E-state index in [0.29, 0.717) is 11.2 Å². The second-order valence-electron chi connectivity index (χ2n) is 4.42. The van der Waals surface area contributed by atoms with Crippen LogP contribution in [0.15, 0.2) is 36.4 Å². The molecule has 0 aliphatic heterocycles. The Kier molecular flexibility index (Phi) is 2.95. The van der Waals surface area contributed by atoms with E-state index >= 15 is 0 Å². The van der Waals surface area contributed by atoms with Crippen LogP contribution < -0.4 is 5.73 Å². The Hall–Kier alpha value is -2.69. The lowest BCUT2D eigenvalue weighted by Gasteiger charge is -1.96. The molecule has 0 amide bonds. The second kappa shape index (κ2) is 4.77. The van der Waals surface area contributed by atoms with E-state index in [-0.39, 0.29) is 11.5 Å². The minimum atomic E-state index is -0.484. The number of aromatic amines is 1. The van der Waals surface area contributed by atoms with Gasteiger partial charge in [0.25, 0.3) is 0 Å². The predicted molar refractivity (Wildman–Crippen MR) is 75.8 cm³/mol. The van der Waals surface area contributed by atoms with Gasteiger partial charge in [0.2, 0.25) is 0 Å². The Balaban J connectivity index is 2.01. The number of nitrogens with zero attached hydrogens (tertiary/aromatic N) is 1. The largest absolute Gasteiger partial charge is 0.396 e. The fourth-order valence-electron chi connectivity index (χ4n) is 1.99. The third-order valence-corrected chi connectivity index (χ3v) is 2.99. The Morgan fingerprint density at radius 3 is 2.75 bits per heavy atom. The van der Waals surface area contributed by atoms with Crippen molar-refractivity contribution in [3.8, 4) is 0 Å². The van der Waals surface area contributed by atoms with Crippen LogP contribution in [0.3, 0.4) is 0 Å². The third kappa shape index (κ3) is 2.25. The first-order chi connectivity index (χ1) is 9.63. The minimum Gasteiger partial charge on any atom is -0.396 e. The number of H-pyrrole nitrogens is 1. The summed E-state index contributed by atoms with van der Waals surface area (Å²) in [5.74, 6) is -0.785. The van der Waals surface area contributed by atoms with Gasteiger partial charge in [-0.2, -0.15) is 5.10 Å². The summed E-state index contributed by atoms with van der Waals surface area (Å²) in [7, 11) is 0. The van der Waals surface area contributed by atoms with E-state index < -0.39 is 5.82 Å². The van der Waals surface area contributed by atoms with E-state index in [1.54, 1.807) is 24.3 Å². The maximum atomic E-state index is 13.3. The van der Waals surface area contributed by atoms with Crippen molar-refractivity contribution in [2.24, 2.45) is 0 Å². The summed E-state index contributed by atoms with van der Waals surface area (Å²) >= 11 is 0. The topological polar surface area (TPSA) is 54.7 Å². The molecule has 0 bridgehead atoms. The number of hydrogen-bond acceptors (Lipinski definition) is 2. The number of anilines is 1. The zero-order valence-corrected chi connectivity index (χ0v) is 10.4. The number of aromatic nitrogens is 2. The summed E-state index contributed by atoms with van der Waals surface area (Å²) in [4.78, 5) is 0. The van der Waals surface area contributed by atoms with Crippen molar-refractivity contribution in [3.63, 3.8) is 0 Å². The van der Waals surface area contributed by atoms with E-state index in [2.05, 4.69) is 10.2 Å². The van der Waals surface area contributed by atoms with Gasteiger partial charge in [-0.1, -0.05) is 18.2 Å². The monoisotopic (exact) mass is 271 g/mol. The summed E-state index contributed by atoms with van der Waals surface area (Å²) in [6.07, 6.45) is 3.46.